The molecule has 3 heteroatoms. The van der Waals surface area contributed by atoms with E-state index >= 15 is 0 Å². The van der Waals surface area contributed by atoms with Crippen LogP contribution >= 0.6 is 0 Å². The normalized spacial score (nSPS) is 17.0. The largest absolute Gasteiger partial charge is 0.255 e. The molecule has 0 aliphatic heterocycles. The van der Waals surface area contributed by atoms with Gasteiger partial charge in [-0.3, -0.25) is 4.98 Å². The number of hydrogen-bond acceptors (Lipinski definition) is 3. The van der Waals surface area contributed by atoms with Gasteiger partial charge in [-0.25, -0.2) is 9.97 Å². The number of nitrogens with zero attached hydrogens (tertiary/aromatic N) is 3. The minimum Gasteiger partial charge on any atom is -0.255 e. The zero-order valence-corrected chi connectivity index (χ0v) is 22.5. The molecule has 6 rings (SSSR count). The summed E-state index contributed by atoms with van der Waals surface area (Å²) in [6.07, 6.45) is 1.90. The van der Waals surface area contributed by atoms with Crippen LogP contribution in [0.3, 0.4) is 0 Å². The summed E-state index contributed by atoms with van der Waals surface area (Å²) in [4.78, 5) is 14.7. The molecule has 3 aromatic carbocycles. The van der Waals surface area contributed by atoms with E-state index in [2.05, 4.69) is 90.1 Å². The predicted molar refractivity (Wildman–Crippen MR) is 153 cm³/mol. The summed E-state index contributed by atoms with van der Waals surface area (Å²) in [7, 11) is 0. The lowest BCUT2D eigenvalue weighted by Gasteiger charge is -2.44. The van der Waals surface area contributed by atoms with Crippen LogP contribution in [-0.4, -0.2) is 15.0 Å². The number of hydrogen-bond donors (Lipinski definition) is 0. The van der Waals surface area contributed by atoms with Crippen molar-refractivity contribution in [1.29, 1.82) is 0 Å². The highest BCUT2D eigenvalue weighted by Gasteiger charge is 2.56. The van der Waals surface area contributed by atoms with Crippen LogP contribution in [0.4, 0.5) is 0 Å². The third kappa shape index (κ3) is 3.44. The van der Waals surface area contributed by atoms with Crippen molar-refractivity contribution >= 4 is 10.9 Å². The molecule has 0 saturated carbocycles. The van der Waals surface area contributed by atoms with Gasteiger partial charge in [0.2, 0.25) is 0 Å². The second-order valence-electron chi connectivity index (χ2n) is 11.8. The molecule has 0 atom stereocenters. The number of fused-ring (bicyclic) bond motifs is 2. The smallest absolute Gasteiger partial charge is 0.161 e. The van der Waals surface area contributed by atoms with Gasteiger partial charge in [-0.05, 0) is 51.6 Å². The summed E-state index contributed by atoms with van der Waals surface area (Å²) in [5.41, 5.74) is 9.16. The Balaban J connectivity index is 1.41. The van der Waals surface area contributed by atoms with E-state index in [9.17, 15) is 0 Å². The van der Waals surface area contributed by atoms with Gasteiger partial charge < -0.3 is 0 Å². The van der Waals surface area contributed by atoms with Gasteiger partial charge in [-0.1, -0.05) is 102 Å². The van der Waals surface area contributed by atoms with Crippen molar-refractivity contribution in [3.05, 3.63) is 102 Å². The van der Waals surface area contributed by atoms with Crippen molar-refractivity contribution in [1.82, 2.24) is 15.0 Å². The Morgan fingerprint density at radius 3 is 1.97 bits per heavy atom. The molecule has 0 saturated heterocycles. The van der Waals surface area contributed by atoms with E-state index in [1.807, 2.05) is 42.6 Å². The van der Waals surface area contributed by atoms with E-state index in [-0.39, 0.29) is 16.2 Å². The van der Waals surface area contributed by atoms with Crippen molar-refractivity contribution in [2.75, 3.05) is 0 Å². The van der Waals surface area contributed by atoms with E-state index in [0.29, 0.717) is 5.82 Å². The van der Waals surface area contributed by atoms with Crippen molar-refractivity contribution in [2.45, 2.75) is 52.4 Å². The van der Waals surface area contributed by atoms with Gasteiger partial charge in [0.1, 0.15) is 0 Å². The van der Waals surface area contributed by atoms with Gasteiger partial charge in [0.15, 0.2) is 5.82 Å². The fraction of sp³-hybridized carbons (Fsp3) is 0.265. The van der Waals surface area contributed by atoms with Crippen molar-refractivity contribution < 1.29 is 0 Å². The van der Waals surface area contributed by atoms with Crippen molar-refractivity contribution in [3.63, 3.8) is 0 Å². The van der Waals surface area contributed by atoms with Crippen LogP contribution in [0.2, 0.25) is 0 Å². The van der Waals surface area contributed by atoms with Gasteiger partial charge in [0.05, 0.1) is 16.9 Å². The first-order valence-corrected chi connectivity index (χ1v) is 13.1. The number of benzene rings is 3. The van der Waals surface area contributed by atoms with Crippen LogP contribution in [0.5, 0.6) is 0 Å². The molecule has 3 nitrogen and oxygen atoms in total. The van der Waals surface area contributed by atoms with Gasteiger partial charge in [-0.15, -0.1) is 0 Å². The van der Waals surface area contributed by atoms with Crippen LogP contribution < -0.4 is 0 Å². The second-order valence-corrected chi connectivity index (χ2v) is 11.8. The third-order valence-electron chi connectivity index (χ3n) is 9.46. The van der Waals surface area contributed by atoms with Gasteiger partial charge in [-0.2, -0.15) is 0 Å². The standard InChI is InChI=1S/C34H33N3/c1-32(2)26-18-16-23(20-27(26)33(3,4)34(32,5)6)28-19-17-24(21-35-28)31-36-29-15-11-10-14-25(29)30(37-31)22-12-8-7-9-13-22/h7-21H,1-6H3. The summed E-state index contributed by atoms with van der Waals surface area (Å²) in [6.45, 7) is 14.3. The molecule has 0 amide bonds. The quantitative estimate of drug-likeness (QED) is 0.258. The minimum atomic E-state index is 0.0640. The average Bonchev–Trinajstić information content (AvgIpc) is 3.02. The first kappa shape index (κ1) is 23.5. The Morgan fingerprint density at radius 2 is 1.24 bits per heavy atom. The van der Waals surface area contributed by atoms with Crippen LogP contribution in [0.15, 0.2) is 91.1 Å². The lowest BCUT2D eigenvalue weighted by molar-refractivity contribution is 0.125. The molecule has 2 aromatic heterocycles. The predicted octanol–water partition coefficient (Wildman–Crippen LogP) is 8.62. The SMILES string of the molecule is CC1(C)c2ccc(-c3ccc(-c4nc(-c5ccccc5)c5ccccc5n4)cn3)cc2C(C)(C)C1(C)C. The van der Waals surface area contributed by atoms with E-state index in [4.69, 9.17) is 15.0 Å². The van der Waals surface area contributed by atoms with Crippen molar-refractivity contribution in [3.8, 4) is 33.9 Å². The van der Waals surface area contributed by atoms with E-state index in [0.717, 1.165) is 39.0 Å². The molecular formula is C34H33N3. The Bertz CT molecular complexity index is 1630. The molecule has 1 aliphatic rings. The lowest BCUT2D eigenvalue weighted by Crippen LogP contribution is -2.42. The molecule has 0 bridgehead atoms. The third-order valence-corrected chi connectivity index (χ3v) is 9.46. The zero-order chi connectivity index (χ0) is 26.0. The Kier molecular flexibility index (Phi) is 5.14. The fourth-order valence-corrected chi connectivity index (χ4v) is 5.94. The zero-order valence-electron chi connectivity index (χ0n) is 22.5. The number of para-hydroxylation sites is 1. The summed E-state index contributed by atoms with van der Waals surface area (Å²) < 4.78 is 0. The monoisotopic (exact) mass is 483 g/mol. The molecule has 2 heterocycles. The van der Waals surface area contributed by atoms with Crippen molar-refractivity contribution in [2.24, 2.45) is 5.41 Å². The summed E-state index contributed by atoms with van der Waals surface area (Å²) in [6, 6.07) is 29.6. The molecule has 0 spiro atoms. The highest BCUT2D eigenvalue weighted by Crippen LogP contribution is 2.61. The first-order valence-electron chi connectivity index (χ1n) is 13.1. The van der Waals surface area contributed by atoms with Gasteiger partial charge >= 0.3 is 0 Å². The molecule has 184 valence electrons. The van der Waals surface area contributed by atoms with E-state index in [1.165, 1.54) is 11.1 Å². The molecule has 0 fully saturated rings. The van der Waals surface area contributed by atoms with Crippen LogP contribution in [0.1, 0.15) is 52.7 Å². The Morgan fingerprint density at radius 1 is 0.568 bits per heavy atom. The molecule has 37 heavy (non-hydrogen) atoms. The maximum Gasteiger partial charge on any atom is 0.161 e. The Hall–Kier alpha value is -3.85. The summed E-state index contributed by atoms with van der Waals surface area (Å²) >= 11 is 0. The molecular weight excluding hydrogens is 450 g/mol. The summed E-state index contributed by atoms with van der Waals surface area (Å²) in [5, 5.41) is 1.05. The number of rotatable bonds is 3. The first-order chi connectivity index (χ1) is 17.6. The molecule has 0 radical (unpaired) electrons. The lowest BCUT2D eigenvalue weighted by atomic mass is 9.59. The molecule has 0 N–H and O–H groups in total. The number of pyridine rings is 1. The molecule has 0 unspecified atom stereocenters. The molecule has 1 aliphatic carbocycles. The second kappa shape index (κ2) is 8.08. The van der Waals surface area contributed by atoms with Crippen LogP contribution in [-0.2, 0) is 10.8 Å². The highest BCUT2D eigenvalue weighted by atomic mass is 14.9. The topological polar surface area (TPSA) is 38.7 Å². The van der Waals surface area contributed by atoms with Crippen LogP contribution in [0, 0.1) is 5.41 Å². The van der Waals surface area contributed by atoms with Gasteiger partial charge in [0, 0.05) is 28.3 Å². The number of aromatic nitrogens is 3. The van der Waals surface area contributed by atoms with E-state index in [1.54, 1.807) is 0 Å². The maximum absolute atomic E-state index is 4.99. The highest BCUT2D eigenvalue weighted by molar-refractivity contribution is 5.93. The summed E-state index contributed by atoms with van der Waals surface area (Å²) in [5.74, 6) is 0.690. The molecule has 5 aromatic rings. The maximum atomic E-state index is 4.99. The fourth-order valence-electron chi connectivity index (χ4n) is 5.94. The minimum absolute atomic E-state index is 0.0640. The van der Waals surface area contributed by atoms with Crippen LogP contribution in [0.25, 0.3) is 44.8 Å². The Labute approximate surface area is 219 Å². The van der Waals surface area contributed by atoms with E-state index < -0.39 is 0 Å². The van der Waals surface area contributed by atoms with Gasteiger partial charge in [0.25, 0.3) is 0 Å². The average molecular weight is 484 g/mol.